The first-order chi connectivity index (χ1) is 12.7. The van der Waals surface area contributed by atoms with Gasteiger partial charge in [-0.25, -0.2) is 4.98 Å². The fourth-order valence-electron chi connectivity index (χ4n) is 2.95. The van der Waals surface area contributed by atoms with Crippen molar-refractivity contribution in [1.29, 1.82) is 0 Å². The highest BCUT2D eigenvalue weighted by Gasteiger charge is 2.43. The number of hydrogen-bond donors (Lipinski definition) is 2. The molecule has 2 heterocycles. The maximum absolute atomic E-state index is 12.5. The number of H-pyrrole nitrogens is 1. The second kappa shape index (κ2) is 6.63. The highest BCUT2D eigenvalue weighted by molar-refractivity contribution is 5.94. The molecule has 1 aliphatic rings. The molecule has 0 radical (unpaired) electrons. The summed E-state index contributed by atoms with van der Waals surface area (Å²) in [4.78, 5) is 24.1. The van der Waals surface area contributed by atoms with E-state index in [0.717, 1.165) is 41.6 Å². The van der Waals surface area contributed by atoms with Gasteiger partial charge in [-0.1, -0.05) is 24.3 Å². The lowest BCUT2D eigenvalue weighted by Gasteiger charge is -2.14. The molecule has 1 amide bonds. The number of methoxy groups -OCH3 is 1. The number of carbonyl (C=O) groups is 1. The Morgan fingerprint density at radius 1 is 1.35 bits per heavy atom. The normalized spacial score (nSPS) is 15.3. The molecular weight excluding hydrogens is 328 g/mol. The Bertz CT molecular complexity index is 940. The molecule has 0 atom stereocenters. The smallest absolute Gasteiger partial charge is 0.287 e. The molecule has 1 aliphatic carbocycles. The molecule has 0 bridgehead atoms. The number of benzene rings is 1. The molecule has 6 heteroatoms. The van der Waals surface area contributed by atoms with Crippen LogP contribution in [0.1, 0.15) is 35.4 Å². The molecule has 0 aliphatic heterocycles. The van der Waals surface area contributed by atoms with E-state index in [9.17, 15) is 4.79 Å². The molecule has 2 aromatic heterocycles. The number of amides is 1. The van der Waals surface area contributed by atoms with Crippen LogP contribution >= 0.6 is 0 Å². The van der Waals surface area contributed by atoms with E-state index in [2.05, 4.69) is 26.3 Å². The number of para-hydroxylation sites is 2. The number of aromatic nitrogens is 3. The molecule has 4 rings (SSSR count). The Hall–Kier alpha value is -3.15. The van der Waals surface area contributed by atoms with Gasteiger partial charge in [-0.3, -0.25) is 9.78 Å². The van der Waals surface area contributed by atoms with Crippen molar-refractivity contribution in [3.8, 4) is 5.75 Å². The number of carbonyl (C=O) groups excluding carboxylic acids is 1. The van der Waals surface area contributed by atoms with Crippen LogP contribution in [0.2, 0.25) is 0 Å². The summed E-state index contributed by atoms with van der Waals surface area (Å²) in [6.45, 7) is 0. The molecule has 0 saturated heterocycles. The van der Waals surface area contributed by atoms with Crippen LogP contribution in [0.5, 0.6) is 5.75 Å². The van der Waals surface area contributed by atoms with Gasteiger partial charge in [-0.05, 0) is 43.0 Å². The Labute approximate surface area is 151 Å². The highest BCUT2D eigenvalue weighted by atomic mass is 16.5. The second-order valence-electron chi connectivity index (χ2n) is 6.60. The summed E-state index contributed by atoms with van der Waals surface area (Å²) < 4.78 is 5.18. The second-order valence-corrected chi connectivity index (χ2v) is 6.60. The van der Waals surface area contributed by atoms with Crippen LogP contribution in [0.25, 0.3) is 17.1 Å². The Kier molecular flexibility index (Phi) is 4.16. The summed E-state index contributed by atoms with van der Waals surface area (Å²) in [7, 11) is 1.62. The van der Waals surface area contributed by atoms with Gasteiger partial charge in [0.1, 0.15) is 5.75 Å². The largest absolute Gasteiger partial charge is 0.495 e. The molecule has 2 N–H and O–H groups in total. The number of fused-ring (bicyclic) bond motifs is 1. The fraction of sp³-hybridized carbons (Fsp3) is 0.250. The van der Waals surface area contributed by atoms with Crippen molar-refractivity contribution in [2.45, 2.75) is 24.8 Å². The molecule has 0 spiro atoms. The molecule has 3 aromatic rings. The van der Waals surface area contributed by atoms with Crippen LogP contribution in [-0.2, 0) is 0 Å². The summed E-state index contributed by atoms with van der Waals surface area (Å²) in [6.07, 6.45) is 10.2. The van der Waals surface area contributed by atoms with Crippen molar-refractivity contribution in [1.82, 2.24) is 20.3 Å². The number of nitrogens with one attached hydrogen (secondary N) is 2. The van der Waals surface area contributed by atoms with Crippen LogP contribution in [0.4, 0.5) is 0 Å². The van der Waals surface area contributed by atoms with E-state index in [4.69, 9.17) is 4.74 Å². The predicted octanol–water partition coefficient (Wildman–Crippen LogP) is 3.33. The zero-order valence-corrected chi connectivity index (χ0v) is 14.5. The third-order valence-corrected chi connectivity index (χ3v) is 4.63. The molecular formula is C20H20N4O2. The van der Waals surface area contributed by atoms with E-state index >= 15 is 0 Å². The van der Waals surface area contributed by atoms with E-state index in [-0.39, 0.29) is 11.4 Å². The number of aromatic amines is 1. The number of nitrogens with zero attached hydrogens (tertiary/aromatic N) is 2. The fourth-order valence-corrected chi connectivity index (χ4v) is 2.95. The first-order valence-electron chi connectivity index (χ1n) is 8.60. The molecule has 1 fully saturated rings. The number of rotatable bonds is 6. The maximum atomic E-state index is 12.5. The van der Waals surface area contributed by atoms with Crippen LogP contribution in [0.3, 0.4) is 0 Å². The van der Waals surface area contributed by atoms with Gasteiger partial charge >= 0.3 is 0 Å². The van der Waals surface area contributed by atoms with E-state index in [1.54, 1.807) is 19.5 Å². The lowest BCUT2D eigenvalue weighted by Crippen LogP contribution is -2.37. The molecule has 1 aromatic carbocycles. The van der Waals surface area contributed by atoms with Crippen LogP contribution < -0.4 is 10.1 Å². The van der Waals surface area contributed by atoms with Crippen molar-refractivity contribution in [2.24, 2.45) is 0 Å². The quantitative estimate of drug-likeness (QED) is 0.716. The van der Waals surface area contributed by atoms with E-state index in [0.29, 0.717) is 5.82 Å². The molecule has 26 heavy (non-hydrogen) atoms. The van der Waals surface area contributed by atoms with Gasteiger partial charge in [0.05, 0.1) is 24.3 Å². The van der Waals surface area contributed by atoms with Gasteiger partial charge in [0.2, 0.25) is 0 Å². The summed E-state index contributed by atoms with van der Waals surface area (Å²) in [5.41, 5.74) is 2.48. The summed E-state index contributed by atoms with van der Waals surface area (Å²) in [5.74, 6) is 0.931. The van der Waals surface area contributed by atoms with Gasteiger partial charge < -0.3 is 15.0 Å². The zero-order chi connectivity index (χ0) is 18.0. The molecule has 0 unspecified atom stereocenters. The predicted molar refractivity (Wildman–Crippen MR) is 100.0 cm³/mol. The van der Waals surface area contributed by atoms with Crippen molar-refractivity contribution in [3.63, 3.8) is 0 Å². The minimum Gasteiger partial charge on any atom is -0.495 e. The van der Waals surface area contributed by atoms with E-state index in [1.807, 2.05) is 36.4 Å². The maximum Gasteiger partial charge on any atom is 0.287 e. The van der Waals surface area contributed by atoms with Crippen molar-refractivity contribution < 1.29 is 9.53 Å². The van der Waals surface area contributed by atoms with Gasteiger partial charge in [0, 0.05) is 11.7 Å². The first kappa shape index (κ1) is 16.3. The average Bonchev–Trinajstić information content (AvgIpc) is 3.27. The molecule has 6 nitrogen and oxygen atoms in total. The Balaban J connectivity index is 1.41. The minimum absolute atomic E-state index is 0.157. The summed E-state index contributed by atoms with van der Waals surface area (Å²) in [6, 6.07) is 9.56. The van der Waals surface area contributed by atoms with Crippen molar-refractivity contribution in [2.75, 3.05) is 7.11 Å². The number of imidazole rings is 1. The zero-order valence-electron chi connectivity index (χ0n) is 14.5. The highest BCUT2D eigenvalue weighted by Crippen LogP contribution is 2.39. The van der Waals surface area contributed by atoms with Crippen LogP contribution in [0, 0.1) is 0 Å². The van der Waals surface area contributed by atoms with E-state index < -0.39 is 0 Å². The Morgan fingerprint density at radius 3 is 2.96 bits per heavy atom. The van der Waals surface area contributed by atoms with Crippen molar-refractivity contribution >= 4 is 23.0 Å². The number of hydrogen-bond acceptors (Lipinski definition) is 4. The third-order valence-electron chi connectivity index (χ3n) is 4.63. The standard InChI is InChI=1S/C20H20N4O2/c1-26-15-11-14(12-21-13-15)5-4-8-20(9-10-20)24-19(25)18-22-16-6-2-3-7-17(16)23-18/h2-7,11-13H,8-10H2,1H3,(H,22,23)(H,24,25)/b5-4+. The van der Waals surface area contributed by atoms with Gasteiger partial charge in [-0.2, -0.15) is 0 Å². The summed E-state index contributed by atoms with van der Waals surface area (Å²) in [5, 5.41) is 3.13. The summed E-state index contributed by atoms with van der Waals surface area (Å²) >= 11 is 0. The topological polar surface area (TPSA) is 79.9 Å². The molecule has 132 valence electrons. The van der Waals surface area contributed by atoms with E-state index in [1.165, 1.54) is 0 Å². The number of ether oxygens (including phenoxy) is 1. The number of pyridine rings is 1. The monoisotopic (exact) mass is 348 g/mol. The SMILES string of the molecule is COc1cncc(/C=C/CC2(NC(=O)c3nc4ccccc4[nH]3)CC2)c1. The first-order valence-corrected chi connectivity index (χ1v) is 8.60. The van der Waals surface area contributed by atoms with Crippen molar-refractivity contribution in [3.05, 3.63) is 60.2 Å². The lowest BCUT2D eigenvalue weighted by molar-refractivity contribution is 0.0922. The van der Waals surface area contributed by atoms with Gasteiger partial charge in [0.15, 0.2) is 5.82 Å². The Morgan fingerprint density at radius 2 is 2.19 bits per heavy atom. The van der Waals surface area contributed by atoms with Gasteiger partial charge in [0.25, 0.3) is 5.91 Å². The average molecular weight is 348 g/mol. The third kappa shape index (κ3) is 3.44. The minimum atomic E-state index is -0.168. The van der Waals surface area contributed by atoms with Gasteiger partial charge in [-0.15, -0.1) is 0 Å². The molecule has 1 saturated carbocycles. The van der Waals surface area contributed by atoms with Crippen LogP contribution in [-0.4, -0.2) is 33.5 Å². The lowest BCUT2D eigenvalue weighted by atomic mass is 10.1. The van der Waals surface area contributed by atoms with Crippen LogP contribution in [0.15, 0.2) is 48.8 Å².